The lowest BCUT2D eigenvalue weighted by molar-refractivity contribution is -0.137. The van der Waals surface area contributed by atoms with Crippen molar-refractivity contribution in [3.8, 4) is 10.4 Å². The van der Waals surface area contributed by atoms with Gasteiger partial charge in [-0.05, 0) is 48.4 Å². The van der Waals surface area contributed by atoms with Crippen molar-refractivity contribution in [1.82, 2.24) is 0 Å². The molecule has 1 nitrogen and oxygen atoms in total. The summed E-state index contributed by atoms with van der Waals surface area (Å²) in [5, 5.41) is 0. The number of rotatable bonds is 2. The zero-order chi connectivity index (χ0) is 13.3. The van der Waals surface area contributed by atoms with Gasteiger partial charge in [-0.1, -0.05) is 0 Å². The molecule has 0 unspecified atom stereocenters. The molecule has 2 rings (SSSR count). The van der Waals surface area contributed by atoms with Gasteiger partial charge in [-0.2, -0.15) is 13.2 Å². The third-order valence-corrected chi connectivity index (χ3v) is 3.63. The van der Waals surface area contributed by atoms with Crippen molar-refractivity contribution in [2.45, 2.75) is 19.6 Å². The highest BCUT2D eigenvalue weighted by molar-refractivity contribution is 7.15. The van der Waals surface area contributed by atoms with Crippen LogP contribution in [0.5, 0.6) is 0 Å². The van der Waals surface area contributed by atoms with Gasteiger partial charge in [0.2, 0.25) is 0 Å². The molecule has 0 radical (unpaired) electrons. The fourth-order valence-electron chi connectivity index (χ4n) is 1.71. The number of nitrogens with two attached hydrogens (primary N) is 1. The third kappa shape index (κ3) is 2.73. The van der Waals surface area contributed by atoms with Crippen molar-refractivity contribution in [2.75, 3.05) is 0 Å². The van der Waals surface area contributed by atoms with Gasteiger partial charge in [0.05, 0.1) is 5.56 Å². The Morgan fingerprint density at radius 1 is 1.17 bits per heavy atom. The molecule has 2 N–H and O–H groups in total. The van der Waals surface area contributed by atoms with Gasteiger partial charge in [-0.25, -0.2) is 0 Å². The Kier molecular flexibility index (Phi) is 3.45. The molecule has 0 saturated heterocycles. The van der Waals surface area contributed by atoms with Crippen molar-refractivity contribution in [3.63, 3.8) is 0 Å². The Labute approximate surface area is 107 Å². The quantitative estimate of drug-likeness (QED) is 0.870. The van der Waals surface area contributed by atoms with Crippen LogP contribution in [0.2, 0.25) is 0 Å². The summed E-state index contributed by atoms with van der Waals surface area (Å²) in [6.45, 7) is 2.02. The summed E-state index contributed by atoms with van der Waals surface area (Å²) in [5.41, 5.74) is 5.87. The molecule has 96 valence electrons. The van der Waals surface area contributed by atoms with Gasteiger partial charge < -0.3 is 5.73 Å². The van der Waals surface area contributed by atoms with Crippen LogP contribution in [0.15, 0.2) is 30.3 Å². The van der Waals surface area contributed by atoms with Crippen LogP contribution >= 0.6 is 11.3 Å². The van der Waals surface area contributed by atoms with Crippen LogP contribution in [0.25, 0.3) is 10.4 Å². The standard InChI is InChI=1S/C13H12F3NS/c1-8-2-3-12(18-8)10-4-9(7-17)5-11(6-10)13(14,15)16/h2-6H,7,17H2,1H3. The van der Waals surface area contributed by atoms with Gasteiger partial charge in [0.25, 0.3) is 0 Å². The summed E-state index contributed by atoms with van der Waals surface area (Å²) in [7, 11) is 0. The van der Waals surface area contributed by atoms with Gasteiger partial charge >= 0.3 is 6.18 Å². The van der Waals surface area contributed by atoms with Gasteiger partial charge in [0.15, 0.2) is 0 Å². The molecule has 0 fully saturated rings. The van der Waals surface area contributed by atoms with Crippen LogP contribution in [0.3, 0.4) is 0 Å². The summed E-state index contributed by atoms with van der Waals surface area (Å²) in [6, 6.07) is 7.70. The molecule has 0 bridgehead atoms. The summed E-state index contributed by atoms with van der Waals surface area (Å²) in [4.78, 5) is 1.89. The monoisotopic (exact) mass is 271 g/mol. The van der Waals surface area contributed by atoms with Crippen molar-refractivity contribution in [2.24, 2.45) is 5.73 Å². The molecule has 0 aliphatic carbocycles. The minimum absolute atomic E-state index is 0.0985. The highest BCUT2D eigenvalue weighted by Crippen LogP contribution is 2.35. The van der Waals surface area contributed by atoms with Crippen LogP contribution < -0.4 is 5.73 Å². The van der Waals surface area contributed by atoms with Gasteiger partial charge in [-0.15, -0.1) is 11.3 Å². The second kappa shape index (κ2) is 4.74. The minimum atomic E-state index is -4.34. The van der Waals surface area contributed by atoms with Crippen molar-refractivity contribution < 1.29 is 13.2 Å². The van der Waals surface area contributed by atoms with E-state index in [4.69, 9.17) is 5.73 Å². The van der Waals surface area contributed by atoms with E-state index < -0.39 is 11.7 Å². The SMILES string of the molecule is Cc1ccc(-c2cc(CN)cc(C(F)(F)F)c2)s1. The number of hydrogen-bond donors (Lipinski definition) is 1. The average Bonchev–Trinajstić information content (AvgIpc) is 2.74. The third-order valence-electron chi connectivity index (χ3n) is 2.58. The van der Waals surface area contributed by atoms with E-state index in [0.717, 1.165) is 15.8 Å². The number of aryl methyl sites for hydroxylation is 1. The lowest BCUT2D eigenvalue weighted by Crippen LogP contribution is -2.07. The molecule has 2 aromatic rings. The largest absolute Gasteiger partial charge is 0.416 e. The van der Waals surface area contributed by atoms with Gasteiger partial charge in [0.1, 0.15) is 0 Å². The van der Waals surface area contributed by atoms with Crippen molar-refractivity contribution >= 4 is 11.3 Å². The smallest absolute Gasteiger partial charge is 0.326 e. The maximum Gasteiger partial charge on any atom is 0.416 e. The average molecular weight is 271 g/mol. The van der Waals surface area contributed by atoms with E-state index >= 15 is 0 Å². The lowest BCUT2D eigenvalue weighted by atomic mass is 10.0. The van der Waals surface area contributed by atoms with Gasteiger partial charge in [-0.3, -0.25) is 0 Å². The van der Waals surface area contributed by atoms with E-state index in [0.29, 0.717) is 11.1 Å². The molecule has 5 heteroatoms. The number of halogens is 3. The Balaban J connectivity index is 2.54. The zero-order valence-corrected chi connectivity index (χ0v) is 10.5. The second-order valence-corrected chi connectivity index (χ2v) is 5.32. The highest BCUT2D eigenvalue weighted by atomic mass is 32.1. The summed E-state index contributed by atoms with van der Waals surface area (Å²) >= 11 is 1.47. The zero-order valence-electron chi connectivity index (χ0n) is 9.71. The summed E-state index contributed by atoms with van der Waals surface area (Å²) < 4.78 is 38.3. The Morgan fingerprint density at radius 2 is 1.89 bits per heavy atom. The van der Waals surface area contributed by atoms with E-state index in [-0.39, 0.29) is 6.54 Å². The van der Waals surface area contributed by atoms with E-state index in [1.165, 1.54) is 17.4 Å². The molecule has 18 heavy (non-hydrogen) atoms. The van der Waals surface area contributed by atoms with Crippen LogP contribution in [0, 0.1) is 6.92 Å². The first kappa shape index (κ1) is 13.1. The number of benzene rings is 1. The second-order valence-electron chi connectivity index (χ2n) is 4.03. The Bertz CT molecular complexity index is 558. The first-order valence-electron chi connectivity index (χ1n) is 5.38. The first-order chi connectivity index (χ1) is 8.40. The van der Waals surface area contributed by atoms with Crippen LogP contribution in [0.4, 0.5) is 13.2 Å². The highest BCUT2D eigenvalue weighted by Gasteiger charge is 2.31. The summed E-state index contributed by atoms with van der Waals surface area (Å²) in [5.74, 6) is 0. The van der Waals surface area contributed by atoms with E-state index in [2.05, 4.69) is 0 Å². The first-order valence-corrected chi connectivity index (χ1v) is 6.20. The van der Waals surface area contributed by atoms with E-state index in [1.54, 1.807) is 6.07 Å². The topological polar surface area (TPSA) is 26.0 Å². The van der Waals surface area contributed by atoms with Crippen LogP contribution in [-0.2, 0) is 12.7 Å². The van der Waals surface area contributed by atoms with E-state index in [9.17, 15) is 13.2 Å². The maximum absolute atomic E-state index is 12.8. The molecule has 1 aromatic carbocycles. The molecule has 0 aliphatic rings. The fraction of sp³-hybridized carbons (Fsp3) is 0.231. The minimum Gasteiger partial charge on any atom is -0.326 e. The van der Waals surface area contributed by atoms with Crippen molar-refractivity contribution in [1.29, 1.82) is 0 Å². The number of thiophene rings is 1. The molecule has 0 saturated carbocycles. The van der Waals surface area contributed by atoms with Crippen molar-refractivity contribution in [3.05, 3.63) is 46.3 Å². The van der Waals surface area contributed by atoms with Crippen LogP contribution in [0.1, 0.15) is 16.0 Å². The predicted molar refractivity (Wildman–Crippen MR) is 67.4 cm³/mol. The van der Waals surface area contributed by atoms with Crippen LogP contribution in [-0.4, -0.2) is 0 Å². The molecule has 0 spiro atoms. The molecule has 1 aromatic heterocycles. The molecule has 1 heterocycles. The number of hydrogen-bond acceptors (Lipinski definition) is 2. The molecule has 0 amide bonds. The summed E-state index contributed by atoms with van der Waals surface area (Å²) in [6.07, 6.45) is -4.34. The normalized spacial score (nSPS) is 11.8. The molecular formula is C13H12F3NS. The maximum atomic E-state index is 12.8. The fourth-order valence-corrected chi connectivity index (χ4v) is 2.56. The number of alkyl halides is 3. The molecule has 0 atom stereocenters. The van der Waals surface area contributed by atoms with E-state index in [1.807, 2.05) is 19.1 Å². The Hall–Kier alpha value is -1.33. The molecule has 0 aliphatic heterocycles. The lowest BCUT2D eigenvalue weighted by Gasteiger charge is -2.10. The molecular weight excluding hydrogens is 259 g/mol. The predicted octanol–water partition coefficient (Wildman–Crippen LogP) is 4.20. The van der Waals surface area contributed by atoms with Gasteiger partial charge in [0, 0.05) is 16.3 Å². The Morgan fingerprint density at radius 3 is 2.39 bits per heavy atom.